The number of aliphatic hydroxyl groups excluding tert-OH is 2. The van der Waals surface area contributed by atoms with Gasteiger partial charge in [-0.1, -0.05) is 0 Å². The smallest absolute Gasteiger partial charge is 0.341 e. The molecule has 0 amide bonds. The molecule has 0 fully saturated rings. The van der Waals surface area contributed by atoms with Gasteiger partial charge in [0.1, 0.15) is 0 Å². The summed E-state index contributed by atoms with van der Waals surface area (Å²) in [5.41, 5.74) is 5.71. The summed E-state index contributed by atoms with van der Waals surface area (Å²) in [6.07, 6.45) is 1.83. The number of nitrogens with two attached hydrogens (primary N) is 1. The Kier molecular flexibility index (Phi) is 9.01. The fourth-order valence-corrected chi connectivity index (χ4v) is 6.19. The number of aliphatic hydroxyl groups is 2. The first kappa shape index (κ1) is 18.0. The second kappa shape index (κ2) is 9.01. The Balaban J connectivity index is 5.26. The van der Waals surface area contributed by atoms with Crippen LogP contribution in [0.2, 0.25) is 11.6 Å². The summed E-state index contributed by atoms with van der Waals surface area (Å²) < 4.78 is 11.9. The van der Waals surface area contributed by atoms with Crippen molar-refractivity contribution < 1.29 is 19.1 Å². The Morgan fingerprint density at radius 1 is 1.00 bits per heavy atom. The van der Waals surface area contributed by atoms with Gasteiger partial charge >= 0.3 is 8.56 Å². The van der Waals surface area contributed by atoms with Crippen LogP contribution >= 0.6 is 0 Å². The molecular weight excluding hydrogens is 250 g/mol. The molecule has 0 radical (unpaired) electrons. The Morgan fingerprint density at radius 2 is 1.44 bits per heavy atom. The second-order valence-electron chi connectivity index (χ2n) is 4.58. The number of hydrogen-bond donors (Lipinski definition) is 3. The maximum atomic E-state index is 9.34. The zero-order valence-electron chi connectivity index (χ0n) is 11.9. The van der Waals surface area contributed by atoms with Crippen molar-refractivity contribution in [2.75, 3.05) is 33.0 Å². The van der Waals surface area contributed by atoms with Gasteiger partial charge in [0.15, 0.2) is 0 Å². The van der Waals surface area contributed by atoms with Crippen molar-refractivity contribution in [3.05, 3.63) is 0 Å². The molecule has 0 aromatic heterocycles. The van der Waals surface area contributed by atoms with Gasteiger partial charge in [-0.2, -0.15) is 0 Å². The van der Waals surface area contributed by atoms with Crippen molar-refractivity contribution in [2.45, 2.75) is 44.7 Å². The molecule has 0 rings (SSSR count). The van der Waals surface area contributed by atoms with E-state index < -0.39 is 8.56 Å². The minimum absolute atomic E-state index is 0.0583. The van der Waals surface area contributed by atoms with Crippen LogP contribution in [0, 0.1) is 0 Å². The average Bonchev–Trinajstić information content (AvgIpc) is 2.30. The molecule has 0 aromatic rings. The molecule has 0 saturated carbocycles. The molecule has 0 atom stereocenters. The molecule has 18 heavy (non-hydrogen) atoms. The van der Waals surface area contributed by atoms with Gasteiger partial charge in [-0.3, -0.25) is 0 Å². The molecule has 0 bridgehead atoms. The van der Waals surface area contributed by atoms with Gasteiger partial charge in [0.05, 0.1) is 0 Å². The van der Waals surface area contributed by atoms with Crippen LogP contribution in [0.1, 0.15) is 33.1 Å². The molecule has 0 aliphatic carbocycles. The third-order valence-corrected chi connectivity index (χ3v) is 7.96. The van der Waals surface area contributed by atoms with Crippen LogP contribution in [0.4, 0.5) is 0 Å². The predicted octanol–water partition coefficient (Wildman–Crippen LogP) is 0.985. The minimum Gasteiger partial charge on any atom is -0.396 e. The van der Waals surface area contributed by atoms with Crippen LogP contribution in [0.5, 0.6) is 0 Å². The fourth-order valence-electron chi connectivity index (χ4n) is 2.66. The minimum atomic E-state index is -2.49. The molecule has 0 aliphatic rings. The summed E-state index contributed by atoms with van der Waals surface area (Å²) in [5.74, 6) is 0. The first-order chi connectivity index (χ1) is 8.55. The largest absolute Gasteiger partial charge is 0.396 e. The normalized spacial score (nSPS) is 13.0. The van der Waals surface area contributed by atoms with Gasteiger partial charge in [-0.25, -0.2) is 0 Å². The van der Waals surface area contributed by atoms with Crippen LogP contribution in [-0.2, 0) is 8.85 Å². The van der Waals surface area contributed by atoms with Gasteiger partial charge in [0.25, 0.3) is 0 Å². The highest BCUT2D eigenvalue weighted by Crippen LogP contribution is 2.48. The van der Waals surface area contributed by atoms with Crippen LogP contribution < -0.4 is 5.73 Å². The van der Waals surface area contributed by atoms with E-state index in [-0.39, 0.29) is 18.3 Å². The lowest BCUT2D eigenvalue weighted by atomic mass is 9.96. The Bertz CT molecular complexity index is 193. The van der Waals surface area contributed by atoms with Gasteiger partial charge < -0.3 is 24.8 Å². The average molecular weight is 279 g/mol. The van der Waals surface area contributed by atoms with E-state index in [4.69, 9.17) is 14.6 Å². The van der Waals surface area contributed by atoms with E-state index in [1.807, 2.05) is 20.4 Å². The maximum absolute atomic E-state index is 9.34. The number of rotatable bonds is 11. The van der Waals surface area contributed by atoms with E-state index in [1.165, 1.54) is 0 Å². The molecule has 110 valence electrons. The van der Waals surface area contributed by atoms with E-state index in [9.17, 15) is 10.2 Å². The highest BCUT2D eigenvalue weighted by molar-refractivity contribution is 6.69. The van der Waals surface area contributed by atoms with Gasteiger partial charge in [0.2, 0.25) is 0 Å². The summed E-state index contributed by atoms with van der Waals surface area (Å²) in [6.45, 7) is 7.66. The van der Waals surface area contributed by atoms with E-state index in [0.29, 0.717) is 39.0 Å². The molecule has 0 spiro atoms. The van der Waals surface area contributed by atoms with E-state index in [1.54, 1.807) is 0 Å². The van der Waals surface area contributed by atoms with Crippen LogP contribution in [0.25, 0.3) is 0 Å². The summed E-state index contributed by atoms with van der Waals surface area (Å²) in [7, 11) is -2.49. The van der Waals surface area contributed by atoms with Crippen LogP contribution in [-0.4, -0.2) is 51.7 Å². The lowest BCUT2D eigenvalue weighted by Gasteiger charge is -2.45. The zero-order chi connectivity index (χ0) is 14.1. The second-order valence-corrected chi connectivity index (χ2v) is 8.11. The zero-order valence-corrected chi connectivity index (χ0v) is 12.9. The van der Waals surface area contributed by atoms with Gasteiger partial charge in [-0.05, 0) is 46.2 Å². The number of hydrogen-bond acceptors (Lipinski definition) is 5. The monoisotopic (exact) mass is 279 g/mol. The highest BCUT2D eigenvalue weighted by atomic mass is 28.4. The van der Waals surface area contributed by atoms with Crippen molar-refractivity contribution in [3.8, 4) is 0 Å². The first-order valence-electron chi connectivity index (χ1n) is 6.75. The molecule has 0 aliphatic heterocycles. The van der Waals surface area contributed by atoms with Gasteiger partial charge in [-0.15, -0.1) is 0 Å². The quantitative estimate of drug-likeness (QED) is 0.491. The van der Waals surface area contributed by atoms with Crippen molar-refractivity contribution in [1.29, 1.82) is 0 Å². The van der Waals surface area contributed by atoms with E-state index in [0.717, 1.165) is 0 Å². The molecule has 0 saturated heterocycles. The van der Waals surface area contributed by atoms with Crippen molar-refractivity contribution >= 4 is 8.56 Å². The summed E-state index contributed by atoms with van der Waals surface area (Å²) in [6, 6.07) is 0. The van der Waals surface area contributed by atoms with Crippen molar-refractivity contribution in [3.63, 3.8) is 0 Å². The van der Waals surface area contributed by atoms with E-state index in [2.05, 4.69) is 0 Å². The summed E-state index contributed by atoms with van der Waals surface area (Å²) >= 11 is 0. The molecule has 0 unspecified atom stereocenters. The predicted molar refractivity (Wildman–Crippen MR) is 74.6 cm³/mol. The molecule has 0 aromatic carbocycles. The highest BCUT2D eigenvalue weighted by Gasteiger charge is 2.52. The topological polar surface area (TPSA) is 84.9 Å². The van der Waals surface area contributed by atoms with Crippen molar-refractivity contribution in [1.82, 2.24) is 0 Å². The standard InChI is InChI=1S/C12H29NO4Si/c1-4-16-18(3,17-5-2)12(6-9-13,7-10-14)8-11-15/h14-15H,4-11,13H2,1-3H3. The van der Waals surface area contributed by atoms with Crippen LogP contribution in [0.15, 0.2) is 0 Å². The molecule has 0 heterocycles. The third-order valence-electron chi connectivity index (χ3n) is 3.61. The Hall–Kier alpha value is 0.0169. The lowest BCUT2D eigenvalue weighted by molar-refractivity contribution is 0.124. The fraction of sp³-hybridized carbons (Fsp3) is 1.00. The summed E-state index contributed by atoms with van der Waals surface area (Å²) in [4.78, 5) is 0. The SMILES string of the molecule is CCO[Si](C)(OCC)C(CCN)(CCO)CCO. The Morgan fingerprint density at radius 3 is 1.72 bits per heavy atom. The van der Waals surface area contributed by atoms with Crippen LogP contribution in [0.3, 0.4) is 0 Å². The summed E-state index contributed by atoms with van der Waals surface area (Å²) in [5, 5.41) is 18.4. The van der Waals surface area contributed by atoms with Crippen molar-refractivity contribution in [2.24, 2.45) is 5.73 Å². The molecular formula is C12H29NO4Si. The molecule has 4 N–H and O–H groups in total. The maximum Gasteiger partial charge on any atom is 0.341 e. The molecule has 6 heteroatoms. The lowest BCUT2D eigenvalue weighted by Crippen LogP contribution is -2.53. The first-order valence-corrected chi connectivity index (χ1v) is 9.07. The van der Waals surface area contributed by atoms with Gasteiger partial charge in [0, 0.05) is 31.5 Å². The third kappa shape index (κ3) is 4.29. The Labute approximate surface area is 112 Å². The molecule has 5 nitrogen and oxygen atoms in total. The van der Waals surface area contributed by atoms with E-state index >= 15 is 0 Å².